The third-order valence-corrected chi connectivity index (χ3v) is 4.10. The molecule has 0 fully saturated rings. The Balaban J connectivity index is 1.62. The summed E-state index contributed by atoms with van der Waals surface area (Å²) in [5.74, 6) is 2.07. The second-order valence-electron chi connectivity index (χ2n) is 5.54. The average molecular weight is 389 g/mol. The van der Waals surface area contributed by atoms with Crippen LogP contribution in [-0.4, -0.2) is 23.6 Å². The number of para-hydroxylation sites is 1. The van der Waals surface area contributed by atoms with E-state index in [9.17, 15) is 0 Å². The van der Waals surface area contributed by atoms with Crippen LogP contribution in [0.5, 0.6) is 5.75 Å². The van der Waals surface area contributed by atoms with Crippen molar-refractivity contribution >= 4 is 40.7 Å². The molecule has 0 bridgehead atoms. The van der Waals surface area contributed by atoms with E-state index in [2.05, 4.69) is 20.6 Å². The van der Waals surface area contributed by atoms with Crippen LogP contribution in [0.3, 0.4) is 0 Å². The highest BCUT2D eigenvalue weighted by molar-refractivity contribution is 6.35. The average Bonchev–Trinajstić information content (AvgIpc) is 2.61. The number of ether oxygens (including phenoxy) is 1. The molecule has 3 rings (SSSR count). The Morgan fingerprint density at radius 1 is 1.04 bits per heavy atom. The number of aromatic nitrogens is 2. The Morgan fingerprint density at radius 3 is 2.58 bits per heavy atom. The topological polar surface area (TPSA) is 59.1 Å². The van der Waals surface area contributed by atoms with Crippen molar-refractivity contribution in [3.8, 4) is 5.75 Å². The smallest absolute Gasteiger partial charge is 0.224 e. The highest BCUT2D eigenvalue weighted by atomic mass is 35.5. The second-order valence-corrected chi connectivity index (χ2v) is 6.41. The van der Waals surface area contributed by atoms with Crippen molar-refractivity contribution in [3.05, 3.63) is 70.3 Å². The number of hydrogen-bond donors (Lipinski definition) is 2. The number of halogens is 2. The van der Waals surface area contributed by atoms with E-state index in [4.69, 9.17) is 27.9 Å². The van der Waals surface area contributed by atoms with E-state index in [0.29, 0.717) is 28.4 Å². The van der Waals surface area contributed by atoms with Gasteiger partial charge in [-0.15, -0.1) is 0 Å². The minimum atomic E-state index is 0.540. The molecule has 0 aliphatic rings. The fourth-order valence-corrected chi connectivity index (χ4v) is 3.03. The molecule has 0 unspecified atom stereocenters. The largest absolute Gasteiger partial charge is 0.496 e. The first-order valence-corrected chi connectivity index (χ1v) is 8.81. The summed E-state index contributed by atoms with van der Waals surface area (Å²) < 4.78 is 5.36. The summed E-state index contributed by atoms with van der Waals surface area (Å²) >= 11 is 12.0. The predicted molar refractivity (Wildman–Crippen MR) is 107 cm³/mol. The van der Waals surface area contributed by atoms with E-state index in [1.807, 2.05) is 24.3 Å². The zero-order valence-electron chi connectivity index (χ0n) is 14.2. The normalized spacial score (nSPS) is 10.4. The molecule has 0 aliphatic carbocycles. The van der Waals surface area contributed by atoms with Gasteiger partial charge in [-0.25, -0.2) is 4.98 Å². The number of nitrogens with zero attached hydrogens (tertiary/aromatic N) is 2. The summed E-state index contributed by atoms with van der Waals surface area (Å²) in [7, 11) is 1.67. The van der Waals surface area contributed by atoms with E-state index in [0.717, 1.165) is 23.4 Å². The molecule has 2 N–H and O–H groups in total. The molecular formula is C19H18Cl2N4O. The van der Waals surface area contributed by atoms with Crippen LogP contribution in [0.4, 0.5) is 17.5 Å². The van der Waals surface area contributed by atoms with Gasteiger partial charge in [0, 0.05) is 28.5 Å². The molecule has 2 aromatic carbocycles. The first kappa shape index (κ1) is 18.3. The lowest BCUT2D eigenvalue weighted by atomic mass is 10.1. The molecule has 0 spiro atoms. The summed E-state index contributed by atoms with van der Waals surface area (Å²) in [6, 6.07) is 15.0. The van der Waals surface area contributed by atoms with Crippen LogP contribution in [0.15, 0.2) is 54.7 Å². The van der Waals surface area contributed by atoms with Gasteiger partial charge in [0.2, 0.25) is 5.95 Å². The maximum absolute atomic E-state index is 6.02. The van der Waals surface area contributed by atoms with E-state index in [1.165, 1.54) is 0 Å². The van der Waals surface area contributed by atoms with E-state index < -0.39 is 0 Å². The fraction of sp³-hybridized carbons (Fsp3) is 0.158. The Bertz CT molecular complexity index is 869. The van der Waals surface area contributed by atoms with Gasteiger partial charge in [-0.05, 0) is 42.3 Å². The van der Waals surface area contributed by atoms with Gasteiger partial charge >= 0.3 is 0 Å². The SMILES string of the molecule is COc1ccccc1CCNc1nccc(Nc2cc(Cl)cc(Cl)c2)n1. The van der Waals surface area contributed by atoms with Crippen molar-refractivity contribution in [1.82, 2.24) is 9.97 Å². The maximum Gasteiger partial charge on any atom is 0.224 e. The van der Waals surface area contributed by atoms with E-state index in [1.54, 1.807) is 37.6 Å². The Morgan fingerprint density at radius 2 is 1.81 bits per heavy atom. The number of benzene rings is 2. The molecule has 1 heterocycles. The Hall–Kier alpha value is -2.50. The lowest BCUT2D eigenvalue weighted by Gasteiger charge is -2.10. The van der Waals surface area contributed by atoms with Crippen LogP contribution in [0.25, 0.3) is 0 Å². The molecule has 0 aliphatic heterocycles. The number of nitrogens with one attached hydrogen (secondary N) is 2. The lowest BCUT2D eigenvalue weighted by molar-refractivity contribution is 0.410. The highest BCUT2D eigenvalue weighted by Crippen LogP contribution is 2.24. The van der Waals surface area contributed by atoms with Crippen LogP contribution in [0.2, 0.25) is 10.0 Å². The van der Waals surface area contributed by atoms with Crippen LogP contribution >= 0.6 is 23.2 Å². The van der Waals surface area contributed by atoms with Crippen LogP contribution in [-0.2, 0) is 6.42 Å². The van der Waals surface area contributed by atoms with E-state index >= 15 is 0 Å². The lowest BCUT2D eigenvalue weighted by Crippen LogP contribution is -2.09. The summed E-state index contributed by atoms with van der Waals surface area (Å²) in [5.41, 5.74) is 1.89. The molecule has 134 valence electrons. The molecule has 0 atom stereocenters. The quantitative estimate of drug-likeness (QED) is 0.582. The Kier molecular flexibility index (Phi) is 6.15. The zero-order valence-corrected chi connectivity index (χ0v) is 15.7. The van der Waals surface area contributed by atoms with Crippen molar-refractivity contribution in [1.29, 1.82) is 0 Å². The van der Waals surface area contributed by atoms with Crippen LogP contribution in [0, 0.1) is 0 Å². The predicted octanol–water partition coefficient (Wildman–Crippen LogP) is 5.19. The third-order valence-electron chi connectivity index (χ3n) is 3.66. The second kappa shape index (κ2) is 8.74. The van der Waals surface area contributed by atoms with Gasteiger partial charge in [0.1, 0.15) is 11.6 Å². The molecule has 5 nitrogen and oxygen atoms in total. The van der Waals surface area contributed by atoms with Crippen molar-refractivity contribution in [2.24, 2.45) is 0 Å². The molecule has 3 aromatic rings. The molecule has 0 saturated carbocycles. The summed E-state index contributed by atoms with van der Waals surface area (Å²) in [6.45, 7) is 0.687. The van der Waals surface area contributed by atoms with Gasteiger partial charge in [-0.1, -0.05) is 41.4 Å². The summed E-state index contributed by atoms with van der Waals surface area (Å²) in [5, 5.41) is 7.51. The van der Waals surface area contributed by atoms with Crippen molar-refractivity contribution < 1.29 is 4.74 Å². The van der Waals surface area contributed by atoms with Crippen molar-refractivity contribution in [2.75, 3.05) is 24.3 Å². The molecule has 0 amide bonds. The first-order chi connectivity index (χ1) is 12.6. The fourth-order valence-electron chi connectivity index (χ4n) is 2.51. The maximum atomic E-state index is 6.02. The number of methoxy groups -OCH3 is 1. The number of anilines is 3. The molecule has 1 aromatic heterocycles. The minimum absolute atomic E-state index is 0.540. The van der Waals surface area contributed by atoms with Crippen LogP contribution < -0.4 is 15.4 Å². The minimum Gasteiger partial charge on any atom is -0.496 e. The first-order valence-electron chi connectivity index (χ1n) is 8.06. The van der Waals surface area contributed by atoms with Gasteiger partial charge < -0.3 is 15.4 Å². The van der Waals surface area contributed by atoms with Gasteiger partial charge in [-0.3, -0.25) is 0 Å². The van der Waals surface area contributed by atoms with Gasteiger partial charge in [0.25, 0.3) is 0 Å². The van der Waals surface area contributed by atoms with Crippen molar-refractivity contribution in [2.45, 2.75) is 6.42 Å². The monoisotopic (exact) mass is 388 g/mol. The van der Waals surface area contributed by atoms with Crippen LogP contribution in [0.1, 0.15) is 5.56 Å². The molecule has 0 saturated heterocycles. The molecule has 7 heteroatoms. The third kappa shape index (κ3) is 5.00. The number of hydrogen-bond acceptors (Lipinski definition) is 5. The standard InChI is InChI=1S/C19H18Cl2N4O/c1-26-17-5-3-2-4-13(17)6-8-22-19-23-9-7-18(25-19)24-16-11-14(20)10-15(21)12-16/h2-5,7,9-12H,6,8H2,1H3,(H2,22,23,24,25). The van der Waals surface area contributed by atoms with E-state index in [-0.39, 0.29) is 0 Å². The Labute approximate surface area is 162 Å². The van der Waals surface area contributed by atoms with Gasteiger partial charge in [0.05, 0.1) is 7.11 Å². The summed E-state index contributed by atoms with van der Waals surface area (Å²) in [6.07, 6.45) is 2.49. The summed E-state index contributed by atoms with van der Waals surface area (Å²) in [4.78, 5) is 8.69. The molecular weight excluding hydrogens is 371 g/mol. The number of rotatable bonds is 7. The molecule has 26 heavy (non-hydrogen) atoms. The molecule has 0 radical (unpaired) electrons. The highest BCUT2D eigenvalue weighted by Gasteiger charge is 2.04. The van der Waals surface area contributed by atoms with Gasteiger partial charge in [0.15, 0.2) is 0 Å². The van der Waals surface area contributed by atoms with Crippen molar-refractivity contribution in [3.63, 3.8) is 0 Å². The van der Waals surface area contributed by atoms with Gasteiger partial charge in [-0.2, -0.15) is 4.98 Å². The zero-order chi connectivity index (χ0) is 18.4.